The zero-order valence-corrected chi connectivity index (χ0v) is 14.6. The van der Waals surface area contributed by atoms with Crippen molar-refractivity contribution in [2.75, 3.05) is 12.4 Å². The highest BCUT2D eigenvalue weighted by molar-refractivity contribution is 5.96. The van der Waals surface area contributed by atoms with Crippen molar-refractivity contribution in [3.05, 3.63) is 53.6 Å². The number of H-pyrrole nitrogens is 1. The predicted octanol–water partition coefficient (Wildman–Crippen LogP) is 3.56. The Kier molecular flexibility index (Phi) is 4.30. The maximum Gasteiger partial charge on any atom is 0.409 e. The fourth-order valence-electron chi connectivity index (χ4n) is 3.73. The van der Waals surface area contributed by atoms with E-state index >= 15 is 0 Å². The number of benzene rings is 1. The molecule has 26 heavy (non-hydrogen) atoms. The number of carbonyl (C=O) groups is 1. The number of aromatic nitrogens is 3. The number of imidazole rings is 1. The summed E-state index contributed by atoms with van der Waals surface area (Å²) in [6.45, 7) is 0.641. The number of carboxylic acid groups (broad SMARTS) is 1. The summed E-state index contributed by atoms with van der Waals surface area (Å²) in [6.07, 6.45) is 4.08. The van der Waals surface area contributed by atoms with E-state index in [9.17, 15) is 4.79 Å². The lowest BCUT2D eigenvalue weighted by Gasteiger charge is -2.31. The highest BCUT2D eigenvalue weighted by Crippen LogP contribution is 2.32. The van der Waals surface area contributed by atoms with Gasteiger partial charge < -0.3 is 10.1 Å². The molecule has 1 amide bonds. The van der Waals surface area contributed by atoms with Crippen LogP contribution in [0.4, 0.5) is 10.5 Å². The summed E-state index contributed by atoms with van der Waals surface area (Å²) in [4.78, 5) is 25.7. The van der Waals surface area contributed by atoms with Crippen molar-refractivity contribution >= 4 is 22.8 Å². The number of aromatic amines is 1. The molecule has 1 unspecified atom stereocenters. The summed E-state index contributed by atoms with van der Waals surface area (Å²) in [7, 11) is 2.08. The maximum absolute atomic E-state index is 11.0. The number of para-hydroxylation sites is 1. The van der Waals surface area contributed by atoms with Crippen LogP contribution in [0.2, 0.25) is 0 Å². The normalized spacial score (nSPS) is 16.6. The Morgan fingerprint density at radius 1 is 1.38 bits per heavy atom. The van der Waals surface area contributed by atoms with E-state index in [1.807, 2.05) is 18.3 Å². The van der Waals surface area contributed by atoms with E-state index in [1.165, 1.54) is 5.56 Å². The van der Waals surface area contributed by atoms with E-state index in [4.69, 9.17) is 5.11 Å². The van der Waals surface area contributed by atoms with Crippen LogP contribution in [0.15, 0.2) is 36.5 Å². The van der Waals surface area contributed by atoms with Crippen LogP contribution < -0.4 is 5.32 Å². The van der Waals surface area contributed by atoms with Gasteiger partial charge >= 0.3 is 6.09 Å². The molecule has 1 aliphatic rings. The Morgan fingerprint density at radius 3 is 3.12 bits per heavy atom. The van der Waals surface area contributed by atoms with Gasteiger partial charge in [-0.3, -0.25) is 15.2 Å². The van der Waals surface area contributed by atoms with Crippen molar-refractivity contribution in [3.8, 4) is 0 Å². The maximum atomic E-state index is 11.0. The van der Waals surface area contributed by atoms with Crippen LogP contribution in [0.1, 0.15) is 36.0 Å². The molecule has 0 aliphatic heterocycles. The number of nitrogens with zero attached hydrogens (tertiary/aromatic N) is 3. The molecule has 134 valence electrons. The van der Waals surface area contributed by atoms with Crippen LogP contribution in [0, 0.1) is 0 Å². The standard InChI is InChI=1S/C19H21N5O2/c1-24(15-9-2-5-12-6-4-10-20-17(12)15)11-16-21-13-7-3-8-14(18(13)23-16)22-19(25)26/h3-4,6-8,10,15,22H,2,5,9,11H2,1H3,(H,21,23)(H,25,26). The van der Waals surface area contributed by atoms with Crippen molar-refractivity contribution in [1.82, 2.24) is 19.9 Å². The summed E-state index contributed by atoms with van der Waals surface area (Å²) in [5, 5.41) is 11.4. The lowest BCUT2D eigenvalue weighted by molar-refractivity contribution is 0.204. The van der Waals surface area contributed by atoms with Gasteiger partial charge in [-0.15, -0.1) is 0 Å². The first-order valence-corrected chi connectivity index (χ1v) is 8.73. The quantitative estimate of drug-likeness (QED) is 0.668. The summed E-state index contributed by atoms with van der Waals surface area (Å²) in [5.41, 5.74) is 4.44. The first-order valence-electron chi connectivity index (χ1n) is 8.73. The number of anilines is 1. The Bertz CT molecular complexity index is 952. The molecule has 0 bridgehead atoms. The number of hydrogen-bond acceptors (Lipinski definition) is 4. The molecule has 7 nitrogen and oxygen atoms in total. The lowest BCUT2D eigenvalue weighted by atomic mass is 9.91. The van der Waals surface area contributed by atoms with Crippen LogP contribution in [-0.2, 0) is 13.0 Å². The summed E-state index contributed by atoms with van der Waals surface area (Å²) >= 11 is 0. The molecular weight excluding hydrogens is 330 g/mol. The SMILES string of the molecule is CN(Cc1nc2c(NC(=O)O)cccc2[nH]1)C1CCCc2cccnc21. The summed E-state index contributed by atoms with van der Waals surface area (Å²) in [5.74, 6) is 0.810. The van der Waals surface area contributed by atoms with Crippen molar-refractivity contribution in [3.63, 3.8) is 0 Å². The fourth-order valence-corrected chi connectivity index (χ4v) is 3.73. The van der Waals surface area contributed by atoms with Gasteiger partial charge in [0.1, 0.15) is 11.3 Å². The third kappa shape index (κ3) is 3.13. The van der Waals surface area contributed by atoms with E-state index in [2.05, 4.69) is 38.3 Å². The van der Waals surface area contributed by atoms with E-state index in [-0.39, 0.29) is 6.04 Å². The lowest BCUT2D eigenvalue weighted by Crippen LogP contribution is -2.28. The fraction of sp³-hybridized carbons (Fsp3) is 0.316. The minimum absolute atomic E-state index is 0.268. The van der Waals surface area contributed by atoms with Gasteiger partial charge in [-0.2, -0.15) is 0 Å². The van der Waals surface area contributed by atoms with Crippen molar-refractivity contribution in [2.24, 2.45) is 0 Å². The topological polar surface area (TPSA) is 94.1 Å². The van der Waals surface area contributed by atoms with Crippen LogP contribution in [0.3, 0.4) is 0 Å². The van der Waals surface area contributed by atoms with Crippen LogP contribution >= 0.6 is 0 Å². The largest absolute Gasteiger partial charge is 0.465 e. The smallest absolute Gasteiger partial charge is 0.409 e. The molecule has 2 heterocycles. The zero-order valence-electron chi connectivity index (χ0n) is 14.6. The Labute approximate surface area is 151 Å². The molecule has 0 spiro atoms. The number of rotatable bonds is 4. The minimum Gasteiger partial charge on any atom is -0.465 e. The molecule has 0 radical (unpaired) electrons. The first-order chi connectivity index (χ1) is 12.6. The van der Waals surface area contributed by atoms with Crippen LogP contribution in [0.5, 0.6) is 0 Å². The third-order valence-corrected chi connectivity index (χ3v) is 4.90. The number of nitrogens with one attached hydrogen (secondary N) is 2. The highest BCUT2D eigenvalue weighted by atomic mass is 16.4. The van der Waals surface area contributed by atoms with E-state index in [1.54, 1.807) is 12.1 Å². The van der Waals surface area contributed by atoms with Crippen molar-refractivity contribution in [2.45, 2.75) is 31.8 Å². The third-order valence-electron chi connectivity index (χ3n) is 4.90. The Hall–Kier alpha value is -2.93. The second-order valence-corrected chi connectivity index (χ2v) is 6.69. The van der Waals surface area contributed by atoms with Gasteiger partial charge in [0.2, 0.25) is 0 Å². The summed E-state index contributed by atoms with van der Waals surface area (Å²) < 4.78 is 0. The molecule has 7 heteroatoms. The number of fused-ring (bicyclic) bond motifs is 2. The van der Waals surface area contributed by atoms with Crippen LogP contribution in [-0.4, -0.2) is 38.1 Å². The van der Waals surface area contributed by atoms with Crippen molar-refractivity contribution in [1.29, 1.82) is 0 Å². The molecule has 1 aromatic carbocycles. The number of pyridine rings is 1. The second-order valence-electron chi connectivity index (χ2n) is 6.69. The average molecular weight is 351 g/mol. The van der Waals surface area contributed by atoms with Gasteiger partial charge in [-0.25, -0.2) is 9.78 Å². The molecular formula is C19H21N5O2. The molecule has 2 aromatic heterocycles. The van der Waals surface area contributed by atoms with E-state index in [0.717, 1.165) is 36.3 Å². The molecule has 0 saturated carbocycles. The second kappa shape index (κ2) is 6.76. The van der Waals surface area contributed by atoms with E-state index < -0.39 is 6.09 Å². The van der Waals surface area contributed by atoms with Gasteiger partial charge in [0, 0.05) is 6.20 Å². The van der Waals surface area contributed by atoms with Gasteiger partial charge in [-0.05, 0) is 50.1 Å². The Balaban J connectivity index is 1.59. The van der Waals surface area contributed by atoms with E-state index in [0.29, 0.717) is 17.7 Å². The molecule has 0 saturated heterocycles. The molecule has 1 atom stereocenters. The molecule has 0 fully saturated rings. The summed E-state index contributed by atoms with van der Waals surface area (Å²) in [6, 6.07) is 9.85. The molecule has 3 N–H and O–H groups in total. The first kappa shape index (κ1) is 16.5. The molecule has 1 aliphatic carbocycles. The number of amides is 1. The monoisotopic (exact) mass is 351 g/mol. The number of aryl methyl sites for hydroxylation is 1. The predicted molar refractivity (Wildman–Crippen MR) is 99.1 cm³/mol. The van der Waals surface area contributed by atoms with Crippen LogP contribution in [0.25, 0.3) is 11.0 Å². The van der Waals surface area contributed by atoms with Crippen molar-refractivity contribution < 1.29 is 9.90 Å². The van der Waals surface area contributed by atoms with Gasteiger partial charge in [0.15, 0.2) is 0 Å². The van der Waals surface area contributed by atoms with Gasteiger partial charge in [-0.1, -0.05) is 12.1 Å². The van der Waals surface area contributed by atoms with Gasteiger partial charge in [0.25, 0.3) is 0 Å². The molecule has 3 aromatic rings. The zero-order chi connectivity index (χ0) is 18.1. The minimum atomic E-state index is -1.09. The Morgan fingerprint density at radius 2 is 2.27 bits per heavy atom. The average Bonchev–Trinajstić information content (AvgIpc) is 3.04. The number of hydrogen-bond donors (Lipinski definition) is 3. The highest BCUT2D eigenvalue weighted by Gasteiger charge is 2.25. The van der Waals surface area contributed by atoms with Gasteiger partial charge in [0.05, 0.1) is 29.5 Å². The molecule has 4 rings (SSSR count).